The van der Waals surface area contributed by atoms with E-state index in [1.165, 1.54) is 17.2 Å². The Bertz CT molecular complexity index is 1560. The van der Waals surface area contributed by atoms with Crippen LogP contribution in [0.5, 0.6) is 0 Å². The van der Waals surface area contributed by atoms with E-state index in [1.807, 2.05) is 0 Å². The van der Waals surface area contributed by atoms with Crippen molar-refractivity contribution in [3.63, 3.8) is 0 Å². The predicted octanol–water partition coefficient (Wildman–Crippen LogP) is 4.35. The Morgan fingerprint density at radius 2 is 1.95 bits per heavy atom. The summed E-state index contributed by atoms with van der Waals surface area (Å²) in [6.45, 7) is 1.21. The number of rotatable bonds is 6. The van der Waals surface area contributed by atoms with Gasteiger partial charge in [-0.1, -0.05) is 23.4 Å². The minimum Gasteiger partial charge on any atom is -0.384 e. The first-order valence-corrected chi connectivity index (χ1v) is 12.4. The average Bonchev–Trinajstić information content (AvgIpc) is 3.22. The molecule has 3 unspecified atom stereocenters. The third-order valence-electron chi connectivity index (χ3n) is 6.61. The highest BCUT2D eigenvalue weighted by Crippen LogP contribution is 2.41. The largest absolute Gasteiger partial charge is 0.416 e. The van der Waals surface area contributed by atoms with Gasteiger partial charge in [-0.2, -0.15) is 18.3 Å². The highest BCUT2D eigenvalue weighted by atomic mass is 35.5. The summed E-state index contributed by atoms with van der Waals surface area (Å²) in [5.74, 6) is 1.83. The number of hydrazone groups is 1. The van der Waals surface area contributed by atoms with Crippen molar-refractivity contribution in [2.75, 3.05) is 13.7 Å². The van der Waals surface area contributed by atoms with Crippen LogP contribution in [0.1, 0.15) is 34.5 Å². The third kappa shape index (κ3) is 6.11. The Labute approximate surface area is 236 Å². The van der Waals surface area contributed by atoms with Crippen LogP contribution < -0.4 is 10.6 Å². The number of benzene rings is 2. The van der Waals surface area contributed by atoms with Crippen molar-refractivity contribution in [1.82, 2.24) is 15.6 Å². The number of halogens is 6. The van der Waals surface area contributed by atoms with Gasteiger partial charge in [-0.15, -0.1) is 0 Å². The van der Waals surface area contributed by atoms with E-state index in [0.29, 0.717) is 29.8 Å². The highest BCUT2D eigenvalue weighted by molar-refractivity contribution is 6.31. The number of aliphatic hydroxyl groups excluding tert-OH is 1. The number of aliphatic hydroxyl groups is 1. The Morgan fingerprint density at radius 3 is 2.61 bits per heavy atom. The second-order valence-corrected chi connectivity index (χ2v) is 9.60. The van der Waals surface area contributed by atoms with Crippen molar-refractivity contribution in [1.29, 1.82) is 0 Å². The van der Waals surface area contributed by atoms with Crippen LogP contribution in [0.25, 0.3) is 0 Å². The zero-order chi connectivity index (χ0) is 30.1. The number of allylic oxidation sites excluding steroid dienone is 1. The molecular formula is C28H22ClF5N4O3. The van der Waals surface area contributed by atoms with Gasteiger partial charge in [0.2, 0.25) is 6.41 Å². The molecule has 1 aliphatic carbocycles. The van der Waals surface area contributed by atoms with Crippen LogP contribution in [0, 0.1) is 29.4 Å². The molecule has 1 aliphatic heterocycles. The molecule has 4 rings (SSSR count). The van der Waals surface area contributed by atoms with Crippen molar-refractivity contribution >= 4 is 29.6 Å². The monoisotopic (exact) mass is 592 g/mol. The third-order valence-corrected chi connectivity index (χ3v) is 6.95. The van der Waals surface area contributed by atoms with E-state index >= 15 is 0 Å². The number of hydrogen-bond donors (Lipinski definition) is 3. The molecule has 214 valence electrons. The maximum absolute atomic E-state index is 14.3. The number of alkyl halides is 3. The van der Waals surface area contributed by atoms with Crippen LogP contribution in [-0.4, -0.2) is 47.8 Å². The van der Waals surface area contributed by atoms with Gasteiger partial charge < -0.3 is 15.7 Å². The number of carbonyl (C=O) groups is 2. The van der Waals surface area contributed by atoms with E-state index in [4.69, 9.17) is 11.6 Å². The zero-order valence-electron chi connectivity index (χ0n) is 21.5. The van der Waals surface area contributed by atoms with Crippen LogP contribution in [0.3, 0.4) is 0 Å². The second-order valence-electron chi connectivity index (χ2n) is 9.19. The minimum atomic E-state index is -4.91. The zero-order valence-corrected chi connectivity index (χ0v) is 22.2. The Morgan fingerprint density at radius 1 is 1.22 bits per heavy atom. The molecule has 2 aromatic carbocycles. The van der Waals surface area contributed by atoms with Crippen molar-refractivity contribution in [3.8, 4) is 11.8 Å². The first-order valence-electron chi connectivity index (χ1n) is 12.0. The standard InChI is InChI=1S/C28H22ClF5N4O3/c1-14-24(26(35-13-40)19-11-17(30)5-6-21(19)29)22(12-20-23(4-3-7-39)38(2)37-25(14)20)36-27(41)15-8-16(28(32,33)34)10-18(31)9-15/h5-6,8-13,20,23,26,39H,7H2,1-2H3,(H,35,40)(H,36,41). The number of nitrogens with zero attached hydrogens (tertiary/aromatic N) is 2. The molecule has 0 fully saturated rings. The first kappa shape index (κ1) is 29.8. The van der Waals surface area contributed by atoms with Crippen molar-refractivity contribution < 1.29 is 36.6 Å². The summed E-state index contributed by atoms with van der Waals surface area (Å²) in [6, 6.07) is 3.18. The van der Waals surface area contributed by atoms with Crippen LogP contribution in [0.4, 0.5) is 22.0 Å². The lowest BCUT2D eigenvalue weighted by Crippen LogP contribution is -2.37. The molecule has 0 saturated carbocycles. The van der Waals surface area contributed by atoms with E-state index in [9.17, 15) is 36.6 Å². The van der Waals surface area contributed by atoms with E-state index in [2.05, 4.69) is 27.6 Å². The Hall–Kier alpha value is -4.21. The number of carbonyl (C=O) groups excluding carboxylic acids is 2. The maximum atomic E-state index is 14.3. The Kier molecular flexibility index (Phi) is 8.51. The summed E-state index contributed by atoms with van der Waals surface area (Å²) in [7, 11) is 1.64. The van der Waals surface area contributed by atoms with Crippen molar-refractivity contribution in [2.45, 2.75) is 25.2 Å². The van der Waals surface area contributed by atoms with E-state index < -0.39 is 59.5 Å². The lowest BCUT2D eigenvalue weighted by molar-refractivity contribution is -0.137. The summed E-state index contributed by atoms with van der Waals surface area (Å²) in [5.41, 5.74) is -0.690. The smallest absolute Gasteiger partial charge is 0.384 e. The molecule has 1 heterocycles. The fourth-order valence-corrected chi connectivity index (χ4v) is 5.04. The molecule has 0 spiro atoms. The highest BCUT2D eigenvalue weighted by Gasteiger charge is 2.41. The molecule has 2 aromatic rings. The number of fused-ring (bicyclic) bond motifs is 1. The summed E-state index contributed by atoms with van der Waals surface area (Å²) >= 11 is 6.35. The summed E-state index contributed by atoms with van der Waals surface area (Å²) in [5, 5.41) is 20.4. The summed E-state index contributed by atoms with van der Waals surface area (Å²) in [6.07, 6.45) is -3.03. The Balaban J connectivity index is 1.87. The molecule has 0 radical (unpaired) electrons. The normalized spacial score (nSPS) is 19.0. The molecule has 3 atom stereocenters. The molecule has 2 amide bonds. The van der Waals surface area contributed by atoms with Crippen LogP contribution >= 0.6 is 11.6 Å². The van der Waals surface area contributed by atoms with Crippen LogP contribution in [0.2, 0.25) is 5.02 Å². The first-order chi connectivity index (χ1) is 19.3. The molecule has 2 aliphatic rings. The van der Waals surface area contributed by atoms with Gasteiger partial charge in [-0.25, -0.2) is 8.78 Å². The molecule has 0 bridgehead atoms. The number of nitrogens with one attached hydrogen (secondary N) is 2. The average molecular weight is 593 g/mol. The number of amides is 2. The SMILES string of the molecule is CC1=C(C(NC=O)c2cc(F)ccc2Cl)C(NC(=O)c2cc(F)cc(C(F)(F)F)c2)=CC2C1=NN(C)C2C#CCO. The van der Waals surface area contributed by atoms with E-state index in [-0.39, 0.29) is 27.9 Å². The quantitative estimate of drug-likeness (QED) is 0.264. The summed E-state index contributed by atoms with van der Waals surface area (Å²) in [4.78, 5) is 25.0. The van der Waals surface area contributed by atoms with E-state index in [1.54, 1.807) is 14.0 Å². The van der Waals surface area contributed by atoms with Crippen molar-refractivity contribution in [3.05, 3.63) is 92.7 Å². The van der Waals surface area contributed by atoms with Gasteiger partial charge in [0.15, 0.2) is 0 Å². The van der Waals surface area contributed by atoms with Crippen molar-refractivity contribution in [2.24, 2.45) is 11.0 Å². The molecule has 7 nitrogen and oxygen atoms in total. The molecule has 41 heavy (non-hydrogen) atoms. The molecule has 0 saturated heterocycles. The second kappa shape index (κ2) is 11.7. The van der Waals surface area contributed by atoms with Gasteiger partial charge >= 0.3 is 6.18 Å². The molecular weight excluding hydrogens is 571 g/mol. The number of hydrogen-bond acceptors (Lipinski definition) is 5. The van der Waals surface area contributed by atoms with Gasteiger partial charge in [0.05, 0.1) is 23.2 Å². The van der Waals surface area contributed by atoms with Gasteiger partial charge in [0.25, 0.3) is 5.91 Å². The van der Waals surface area contributed by atoms with Crippen LogP contribution in [0.15, 0.2) is 64.4 Å². The topological polar surface area (TPSA) is 94.0 Å². The predicted molar refractivity (Wildman–Crippen MR) is 140 cm³/mol. The van der Waals surface area contributed by atoms with Gasteiger partial charge in [0, 0.05) is 34.5 Å². The lowest BCUT2D eigenvalue weighted by Gasteiger charge is -2.31. The van der Waals surface area contributed by atoms with Gasteiger partial charge in [0.1, 0.15) is 24.3 Å². The molecule has 0 aromatic heterocycles. The molecule has 3 N–H and O–H groups in total. The fraction of sp³-hybridized carbons (Fsp3) is 0.250. The minimum absolute atomic E-state index is 0.0278. The van der Waals surface area contributed by atoms with Gasteiger partial charge in [-0.05, 0) is 55.0 Å². The summed E-state index contributed by atoms with van der Waals surface area (Å²) < 4.78 is 68.3. The van der Waals surface area contributed by atoms with Crippen LogP contribution in [-0.2, 0) is 11.0 Å². The van der Waals surface area contributed by atoms with Gasteiger partial charge in [-0.3, -0.25) is 14.6 Å². The molecule has 13 heteroatoms. The maximum Gasteiger partial charge on any atom is 0.416 e. The lowest BCUT2D eigenvalue weighted by atomic mass is 9.79. The van der Waals surface area contributed by atoms with E-state index in [0.717, 1.165) is 12.1 Å². The fourth-order valence-electron chi connectivity index (χ4n) is 4.81.